The third-order valence-electron chi connectivity index (χ3n) is 4.21. The van der Waals surface area contributed by atoms with Crippen molar-refractivity contribution in [3.8, 4) is 5.75 Å². The Kier molecular flexibility index (Phi) is 6.04. The fraction of sp³-hybridized carbons (Fsp3) is 0.316. The van der Waals surface area contributed by atoms with Gasteiger partial charge in [-0.2, -0.15) is 0 Å². The molecule has 0 saturated heterocycles. The lowest BCUT2D eigenvalue weighted by Gasteiger charge is -2.09. The maximum absolute atomic E-state index is 12.1. The predicted molar refractivity (Wildman–Crippen MR) is 105 cm³/mol. The van der Waals surface area contributed by atoms with Gasteiger partial charge in [0.1, 0.15) is 5.75 Å². The number of amides is 1. The molecule has 144 valence electrons. The molecule has 1 saturated carbocycles. The van der Waals surface area contributed by atoms with E-state index in [0.717, 1.165) is 18.4 Å². The number of ether oxygens (including phenoxy) is 1. The quantitative estimate of drug-likeness (QED) is 0.701. The molecule has 0 spiro atoms. The van der Waals surface area contributed by atoms with E-state index in [2.05, 4.69) is 10.0 Å². The summed E-state index contributed by atoms with van der Waals surface area (Å²) in [5, 5.41) is 3.21. The fourth-order valence-corrected chi connectivity index (χ4v) is 4.11. The van der Waals surface area contributed by atoms with Gasteiger partial charge in [-0.05, 0) is 55.2 Å². The number of nitrogens with one attached hydrogen (secondary N) is 2. The lowest BCUT2D eigenvalue weighted by Crippen LogP contribution is -2.25. The number of rotatable bonds is 8. The standard InChI is InChI=1S/C19H21ClN2O4S/c1-26-18-10-7-15(12-17(18)20)21-19(23)11-4-13-2-8-16(9-3-13)27(24,25)22-14-5-6-14/h2-3,7-10,12,14,22H,4-6,11H2,1H3,(H,21,23). The number of aryl methyl sites for hydroxylation is 1. The zero-order valence-electron chi connectivity index (χ0n) is 14.9. The number of hydrogen-bond acceptors (Lipinski definition) is 4. The highest BCUT2D eigenvalue weighted by molar-refractivity contribution is 7.89. The molecule has 3 rings (SSSR count). The molecule has 2 aromatic carbocycles. The van der Waals surface area contributed by atoms with Gasteiger partial charge in [0.2, 0.25) is 15.9 Å². The number of carbonyl (C=O) groups excluding carboxylic acids is 1. The smallest absolute Gasteiger partial charge is 0.240 e. The van der Waals surface area contributed by atoms with Crippen molar-refractivity contribution in [1.29, 1.82) is 0 Å². The SMILES string of the molecule is COc1ccc(NC(=O)CCc2ccc(S(=O)(=O)NC3CC3)cc2)cc1Cl. The van der Waals surface area contributed by atoms with Crippen LogP contribution >= 0.6 is 11.6 Å². The first-order chi connectivity index (χ1) is 12.9. The highest BCUT2D eigenvalue weighted by atomic mass is 35.5. The Bertz CT molecular complexity index is 925. The maximum Gasteiger partial charge on any atom is 0.240 e. The first-order valence-electron chi connectivity index (χ1n) is 8.62. The fourth-order valence-electron chi connectivity index (χ4n) is 2.55. The normalized spacial score (nSPS) is 14.0. The summed E-state index contributed by atoms with van der Waals surface area (Å²) in [5.74, 6) is 0.393. The molecule has 0 bridgehead atoms. The van der Waals surface area contributed by atoms with Crippen LogP contribution in [0.1, 0.15) is 24.8 Å². The predicted octanol–water partition coefficient (Wildman–Crippen LogP) is 3.36. The Morgan fingerprint density at radius 1 is 1.19 bits per heavy atom. The minimum atomic E-state index is -3.45. The highest BCUT2D eigenvalue weighted by Gasteiger charge is 2.27. The van der Waals surface area contributed by atoms with E-state index in [1.54, 1.807) is 42.5 Å². The molecule has 0 heterocycles. The van der Waals surface area contributed by atoms with Crippen molar-refractivity contribution in [2.24, 2.45) is 0 Å². The van der Waals surface area contributed by atoms with Crippen LogP contribution in [0.5, 0.6) is 5.75 Å². The average molecular weight is 409 g/mol. The summed E-state index contributed by atoms with van der Waals surface area (Å²) in [6.07, 6.45) is 2.57. The minimum absolute atomic E-state index is 0.0739. The molecule has 1 fully saturated rings. The molecule has 8 heteroatoms. The van der Waals surface area contributed by atoms with Crippen LogP contribution in [0.25, 0.3) is 0 Å². The summed E-state index contributed by atoms with van der Waals surface area (Å²) in [7, 11) is -1.92. The van der Waals surface area contributed by atoms with Gasteiger partial charge in [0.15, 0.2) is 0 Å². The van der Waals surface area contributed by atoms with Gasteiger partial charge in [-0.15, -0.1) is 0 Å². The number of anilines is 1. The Balaban J connectivity index is 1.53. The summed E-state index contributed by atoms with van der Waals surface area (Å²) < 4.78 is 32.0. The van der Waals surface area contributed by atoms with Crippen molar-refractivity contribution < 1.29 is 17.9 Å². The van der Waals surface area contributed by atoms with E-state index >= 15 is 0 Å². The van der Waals surface area contributed by atoms with Gasteiger partial charge >= 0.3 is 0 Å². The van der Waals surface area contributed by atoms with Crippen LogP contribution in [0.2, 0.25) is 5.02 Å². The van der Waals surface area contributed by atoms with Crippen molar-refractivity contribution >= 4 is 33.2 Å². The number of benzene rings is 2. The molecule has 27 heavy (non-hydrogen) atoms. The van der Waals surface area contributed by atoms with Gasteiger partial charge in [-0.25, -0.2) is 13.1 Å². The third kappa shape index (κ3) is 5.45. The average Bonchev–Trinajstić information content (AvgIpc) is 3.44. The molecule has 1 aliphatic rings. The second kappa shape index (κ2) is 8.29. The molecule has 0 aromatic heterocycles. The van der Waals surface area contributed by atoms with Gasteiger partial charge in [0, 0.05) is 18.2 Å². The van der Waals surface area contributed by atoms with E-state index in [4.69, 9.17) is 16.3 Å². The Labute approximate surface area is 163 Å². The molecular formula is C19H21ClN2O4S. The van der Waals surface area contributed by atoms with E-state index in [0.29, 0.717) is 22.9 Å². The summed E-state index contributed by atoms with van der Waals surface area (Å²) in [5.41, 5.74) is 1.49. The van der Waals surface area contributed by atoms with Crippen LogP contribution in [0.3, 0.4) is 0 Å². The van der Waals surface area contributed by atoms with E-state index in [9.17, 15) is 13.2 Å². The van der Waals surface area contributed by atoms with Crippen LogP contribution in [0.4, 0.5) is 5.69 Å². The van der Waals surface area contributed by atoms with Crippen molar-refractivity contribution in [2.45, 2.75) is 36.6 Å². The number of methoxy groups -OCH3 is 1. The van der Waals surface area contributed by atoms with Crippen molar-refractivity contribution in [3.05, 3.63) is 53.1 Å². The second-order valence-electron chi connectivity index (χ2n) is 6.44. The molecule has 0 unspecified atom stereocenters. The zero-order chi connectivity index (χ0) is 19.4. The maximum atomic E-state index is 12.1. The molecule has 2 aromatic rings. The van der Waals surface area contributed by atoms with Gasteiger partial charge in [0.25, 0.3) is 0 Å². The first kappa shape index (κ1) is 19.7. The summed E-state index contributed by atoms with van der Waals surface area (Å²) in [6.45, 7) is 0. The van der Waals surface area contributed by atoms with E-state index in [-0.39, 0.29) is 23.3 Å². The lowest BCUT2D eigenvalue weighted by atomic mass is 10.1. The highest BCUT2D eigenvalue weighted by Crippen LogP contribution is 2.27. The Morgan fingerprint density at radius 3 is 2.48 bits per heavy atom. The molecule has 2 N–H and O–H groups in total. The van der Waals surface area contributed by atoms with Crippen LogP contribution in [0, 0.1) is 0 Å². The molecule has 0 radical (unpaired) electrons. The second-order valence-corrected chi connectivity index (χ2v) is 8.56. The first-order valence-corrected chi connectivity index (χ1v) is 10.5. The topological polar surface area (TPSA) is 84.5 Å². The Hall–Kier alpha value is -2.09. The van der Waals surface area contributed by atoms with Crippen LogP contribution in [-0.4, -0.2) is 27.5 Å². The van der Waals surface area contributed by atoms with E-state index < -0.39 is 10.0 Å². The molecule has 1 amide bonds. The van der Waals surface area contributed by atoms with Crippen LogP contribution in [0.15, 0.2) is 47.4 Å². The van der Waals surface area contributed by atoms with Crippen LogP contribution < -0.4 is 14.8 Å². The number of carbonyl (C=O) groups is 1. The van der Waals surface area contributed by atoms with Crippen molar-refractivity contribution in [3.63, 3.8) is 0 Å². The van der Waals surface area contributed by atoms with Gasteiger partial charge < -0.3 is 10.1 Å². The van der Waals surface area contributed by atoms with Gasteiger partial charge in [0.05, 0.1) is 17.0 Å². The summed E-state index contributed by atoms with van der Waals surface area (Å²) >= 11 is 6.04. The van der Waals surface area contributed by atoms with Crippen molar-refractivity contribution in [1.82, 2.24) is 4.72 Å². The summed E-state index contributed by atoms with van der Waals surface area (Å²) in [4.78, 5) is 12.4. The number of sulfonamides is 1. The van der Waals surface area contributed by atoms with E-state index in [1.807, 2.05) is 0 Å². The minimum Gasteiger partial charge on any atom is -0.495 e. The third-order valence-corrected chi connectivity index (χ3v) is 6.04. The summed E-state index contributed by atoms with van der Waals surface area (Å²) in [6, 6.07) is 11.7. The number of halogens is 1. The molecule has 0 aliphatic heterocycles. The number of hydrogen-bond donors (Lipinski definition) is 2. The molecule has 6 nitrogen and oxygen atoms in total. The molecular weight excluding hydrogens is 388 g/mol. The Morgan fingerprint density at radius 2 is 1.89 bits per heavy atom. The van der Waals surface area contributed by atoms with E-state index in [1.165, 1.54) is 7.11 Å². The van der Waals surface area contributed by atoms with Crippen molar-refractivity contribution in [2.75, 3.05) is 12.4 Å². The van der Waals surface area contributed by atoms with Gasteiger partial charge in [-0.3, -0.25) is 4.79 Å². The largest absolute Gasteiger partial charge is 0.495 e. The van der Waals surface area contributed by atoms with Gasteiger partial charge in [-0.1, -0.05) is 23.7 Å². The molecule has 0 atom stereocenters. The van der Waals surface area contributed by atoms with Crippen LogP contribution in [-0.2, 0) is 21.2 Å². The monoisotopic (exact) mass is 408 g/mol. The lowest BCUT2D eigenvalue weighted by molar-refractivity contribution is -0.116. The molecule has 1 aliphatic carbocycles. The zero-order valence-corrected chi connectivity index (χ0v) is 16.4.